The molecule has 0 saturated carbocycles. The summed E-state index contributed by atoms with van der Waals surface area (Å²) in [7, 11) is 3.85. The lowest BCUT2D eigenvalue weighted by molar-refractivity contribution is 0.765. The van der Waals surface area contributed by atoms with Crippen molar-refractivity contribution in [1.29, 1.82) is 0 Å². The zero-order valence-electron chi connectivity index (χ0n) is 11.5. The fourth-order valence-electron chi connectivity index (χ4n) is 2.52. The Kier molecular flexibility index (Phi) is 3.49. The van der Waals surface area contributed by atoms with Crippen LogP contribution in [0.1, 0.15) is 17.2 Å². The van der Waals surface area contributed by atoms with Crippen molar-refractivity contribution in [3.63, 3.8) is 0 Å². The van der Waals surface area contributed by atoms with Gasteiger partial charge in [-0.2, -0.15) is 4.98 Å². The number of fused-ring (bicyclic) bond motifs is 1. The number of rotatable bonds is 3. The van der Waals surface area contributed by atoms with Gasteiger partial charge >= 0.3 is 0 Å². The molecule has 0 fully saturated rings. The highest BCUT2D eigenvalue weighted by atomic mass is 35.5. The molecule has 2 unspecified atom stereocenters. The maximum absolute atomic E-state index is 6.48. The van der Waals surface area contributed by atoms with Gasteiger partial charge in [0.05, 0.1) is 11.4 Å². The average molecular weight is 289 g/mol. The molecule has 0 saturated heterocycles. The van der Waals surface area contributed by atoms with Crippen molar-refractivity contribution >= 4 is 23.4 Å². The monoisotopic (exact) mass is 288 g/mol. The summed E-state index contributed by atoms with van der Waals surface area (Å²) < 4.78 is 0. The largest absolute Gasteiger partial charge is 0.362 e. The lowest BCUT2D eigenvalue weighted by Crippen LogP contribution is -2.19. The third kappa shape index (κ3) is 2.43. The second-order valence-corrected chi connectivity index (χ2v) is 5.74. The minimum atomic E-state index is 0.0465. The molecular formula is C15H17ClN4. The number of nitrogens with zero attached hydrogens (tertiary/aromatic N) is 3. The van der Waals surface area contributed by atoms with Crippen LogP contribution in [0.5, 0.6) is 0 Å². The van der Waals surface area contributed by atoms with Crippen molar-refractivity contribution in [2.24, 2.45) is 0 Å². The van der Waals surface area contributed by atoms with Crippen LogP contribution in [0.3, 0.4) is 0 Å². The highest BCUT2D eigenvalue weighted by molar-refractivity contribution is 6.21. The smallest absolute Gasteiger partial charge is 0.226 e. The number of anilines is 2. The van der Waals surface area contributed by atoms with E-state index in [1.165, 1.54) is 11.1 Å². The molecule has 2 aromatic rings. The van der Waals surface area contributed by atoms with Crippen LogP contribution in [0.25, 0.3) is 0 Å². The number of nitrogens with one attached hydrogen (secondary N) is 1. The highest BCUT2D eigenvalue weighted by Gasteiger charge is 2.30. The topological polar surface area (TPSA) is 41.1 Å². The van der Waals surface area contributed by atoms with E-state index in [-0.39, 0.29) is 11.4 Å². The molecule has 0 bridgehead atoms. The van der Waals surface area contributed by atoms with Crippen LogP contribution >= 0.6 is 11.6 Å². The van der Waals surface area contributed by atoms with E-state index in [9.17, 15) is 0 Å². The van der Waals surface area contributed by atoms with Gasteiger partial charge < -0.3 is 10.2 Å². The summed E-state index contributed by atoms with van der Waals surface area (Å²) in [6, 6.07) is 10.3. The molecule has 20 heavy (non-hydrogen) atoms. The maximum Gasteiger partial charge on any atom is 0.226 e. The summed E-state index contributed by atoms with van der Waals surface area (Å²) >= 11 is 6.48. The van der Waals surface area contributed by atoms with Gasteiger partial charge in [-0.3, -0.25) is 0 Å². The summed E-state index contributed by atoms with van der Waals surface area (Å²) in [6.07, 6.45) is 2.65. The first-order chi connectivity index (χ1) is 9.65. The Morgan fingerprint density at radius 3 is 2.85 bits per heavy atom. The molecule has 1 heterocycles. The van der Waals surface area contributed by atoms with E-state index in [4.69, 9.17) is 11.6 Å². The van der Waals surface area contributed by atoms with Crippen molar-refractivity contribution in [2.75, 3.05) is 24.3 Å². The van der Waals surface area contributed by atoms with E-state index in [2.05, 4.69) is 33.5 Å². The standard InChI is InChI=1S/C15H17ClN4/c1-20(2)15-17-8-7-13(19-15)18-14-11-6-4-3-5-10(11)9-12(14)16/h3-8,12,14H,9H2,1-2H3,(H,17,18,19). The highest BCUT2D eigenvalue weighted by Crippen LogP contribution is 2.36. The van der Waals surface area contributed by atoms with Gasteiger partial charge in [0, 0.05) is 20.3 Å². The first-order valence-electron chi connectivity index (χ1n) is 6.64. The van der Waals surface area contributed by atoms with Gasteiger partial charge in [-0.15, -0.1) is 11.6 Å². The molecule has 1 aliphatic rings. The second kappa shape index (κ2) is 5.29. The van der Waals surface area contributed by atoms with Gasteiger partial charge in [-0.1, -0.05) is 24.3 Å². The van der Waals surface area contributed by atoms with Crippen LogP contribution in [-0.2, 0) is 6.42 Å². The molecule has 0 amide bonds. The molecule has 2 atom stereocenters. The van der Waals surface area contributed by atoms with Gasteiger partial charge in [0.1, 0.15) is 5.82 Å². The molecule has 0 aliphatic heterocycles. The van der Waals surface area contributed by atoms with Crippen LogP contribution < -0.4 is 10.2 Å². The lowest BCUT2D eigenvalue weighted by atomic mass is 10.1. The predicted octanol–water partition coefficient (Wildman–Crippen LogP) is 2.86. The Hall–Kier alpha value is -1.81. The fraction of sp³-hybridized carbons (Fsp3) is 0.333. The van der Waals surface area contributed by atoms with E-state index in [1.54, 1.807) is 6.20 Å². The van der Waals surface area contributed by atoms with Gasteiger partial charge in [-0.25, -0.2) is 4.98 Å². The quantitative estimate of drug-likeness (QED) is 0.882. The molecule has 1 aromatic heterocycles. The van der Waals surface area contributed by atoms with Gasteiger partial charge in [-0.05, 0) is 23.6 Å². The summed E-state index contributed by atoms with van der Waals surface area (Å²) in [4.78, 5) is 10.6. The number of alkyl halides is 1. The molecule has 5 heteroatoms. The Morgan fingerprint density at radius 1 is 1.25 bits per heavy atom. The van der Waals surface area contributed by atoms with Crippen molar-refractivity contribution in [1.82, 2.24) is 9.97 Å². The number of aromatic nitrogens is 2. The van der Waals surface area contributed by atoms with Crippen molar-refractivity contribution in [3.8, 4) is 0 Å². The molecule has 1 aromatic carbocycles. The first-order valence-corrected chi connectivity index (χ1v) is 7.07. The Morgan fingerprint density at radius 2 is 2.05 bits per heavy atom. The Bertz CT molecular complexity index is 614. The van der Waals surface area contributed by atoms with E-state index < -0.39 is 0 Å². The summed E-state index contributed by atoms with van der Waals surface area (Å²) in [6.45, 7) is 0. The third-order valence-electron chi connectivity index (χ3n) is 3.51. The van der Waals surface area contributed by atoms with Gasteiger partial charge in [0.2, 0.25) is 5.95 Å². The summed E-state index contributed by atoms with van der Waals surface area (Å²) in [5.74, 6) is 1.49. The summed E-state index contributed by atoms with van der Waals surface area (Å²) in [5.41, 5.74) is 2.57. The van der Waals surface area contributed by atoms with Gasteiger partial charge in [0.15, 0.2) is 0 Å². The second-order valence-electron chi connectivity index (χ2n) is 5.18. The van der Waals surface area contributed by atoms with E-state index >= 15 is 0 Å². The Labute approximate surface area is 123 Å². The van der Waals surface area contributed by atoms with E-state index in [0.717, 1.165) is 12.2 Å². The fourth-order valence-corrected chi connectivity index (χ4v) is 2.88. The van der Waals surface area contributed by atoms with Crippen LogP contribution in [-0.4, -0.2) is 29.4 Å². The molecule has 4 nitrogen and oxygen atoms in total. The Balaban J connectivity index is 1.86. The number of hydrogen-bond acceptors (Lipinski definition) is 4. The van der Waals surface area contributed by atoms with Crippen molar-refractivity contribution < 1.29 is 0 Å². The maximum atomic E-state index is 6.48. The SMILES string of the molecule is CN(C)c1nccc(NC2c3ccccc3CC2Cl)n1. The van der Waals surface area contributed by atoms with Crippen LogP contribution in [0.15, 0.2) is 36.5 Å². The minimum absolute atomic E-state index is 0.0465. The third-order valence-corrected chi connectivity index (χ3v) is 3.92. The minimum Gasteiger partial charge on any atom is -0.362 e. The van der Waals surface area contributed by atoms with Crippen LogP contribution in [0.2, 0.25) is 0 Å². The molecule has 3 rings (SSSR count). The zero-order chi connectivity index (χ0) is 14.1. The van der Waals surface area contributed by atoms with Crippen LogP contribution in [0.4, 0.5) is 11.8 Å². The molecule has 104 valence electrons. The van der Waals surface area contributed by atoms with Crippen molar-refractivity contribution in [3.05, 3.63) is 47.7 Å². The van der Waals surface area contributed by atoms with Gasteiger partial charge in [0.25, 0.3) is 0 Å². The number of benzene rings is 1. The number of hydrogen-bond donors (Lipinski definition) is 1. The molecule has 1 aliphatic carbocycles. The van der Waals surface area contributed by atoms with E-state index in [0.29, 0.717) is 5.95 Å². The predicted molar refractivity (Wildman–Crippen MR) is 82.5 cm³/mol. The average Bonchev–Trinajstić information content (AvgIpc) is 2.76. The zero-order valence-corrected chi connectivity index (χ0v) is 12.3. The normalized spacial score (nSPS) is 20.6. The molecular weight excluding hydrogens is 272 g/mol. The van der Waals surface area contributed by atoms with Crippen LogP contribution in [0, 0.1) is 0 Å². The lowest BCUT2D eigenvalue weighted by Gasteiger charge is -2.19. The van der Waals surface area contributed by atoms with Crippen molar-refractivity contribution in [2.45, 2.75) is 17.8 Å². The molecule has 0 spiro atoms. The summed E-state index contributed by atoms with van der Waals surface area (Å²) in [5, 5.41) is 3.48. The molecule has 0 radical (unpaired) electrons. The molecule has 1 N–H and O–H groups in total. The number of halogens is 1. The first kappa shape index (κ1) is 13.2. The van der Waals surface area contributed by atoms with E-state index in [1.807, 2.05) is 31.1 Å².